The van der Waals surface area contributed by atoms with Crippen LogP contribution < -0.4 is 4.90 Å². The summed E-state index contributed by atoms with van der Waals surface area (Å²) in [5.74, 6) is 1.65. The van der Waals surface area contributed by atoms with Gasteiger partial charge in [0, 0.05) is 23.8 Å². The molecule has 7 heteroatoms. The minimum Gasteiger partial charge on any atom is -0.274 e. The Labute approximate surface area is 170 Å². The van der Waals surface area contributed by atoms with E-state index >= 15 is 0 Å². The largest absolute Gasteiger partial charge is 0.274 e. The van der Waals surface area contributed by atoms with Gasteiger partial charge in [0.15, 0.2) is 5.13 Å². The van der Waals surface area contributed by atoms with Crippen molar-refractivity contribution in [1.29, 1.82) is 0 Å². The zero-order valence-corrected chi connectivity index (χ0v) is 17.1. The van der Waals surface area contributed by atoms with E-state index in [1.165, 1.54) is 16.9 Å². The van der Waals surface area contributed by atoms with Crippen LogP contribution in [0, 0.1) is 0 Å². The number of anilines is 2. The molecular formula is C20H17N3OS3. The number of benzene rings is 2. The average Bonchev–Trinajstić information content (AvgIpc) is 3.15. The molecule has 0 bridgehead atoms. The molecular weight excluding hydrogens is 394 g/mol. The number of carbonyl (C=O) groups is 1. The zero-order chi connectivity index (χ0) is 18.6. The molecule has 0 saturated carbocycles. The van der Waals surface area contributed by atoms with Crippen LogP contribution in [-0.2, 0) is 16.3 Å². The normalized spacial score (nSPS) is 13.0. The Kier molecular flexibility index (Phi) is 5.61. The Bertz CT molecular complexity index is 985. The highest BCUT2D eigenvalue weighted by atomic mass is 32.2. The molecule has 4 rings (SSSR count). The van der Waals surface area contributed by atoms with Crippen molar-refractivity contribution in [2.24, 2.45) is 4.99 Å². The molecule has 2 heterocycles. The summed E-state index contributed by atoms with van der Waals surface area (Å²) < 4.78 is 1.06. The van der Waals surface area contributed by atoms with E-state index in [9.17, 15) is 4.79 Å². The molecule has 1 aliphatic rings. The maximum absolute atomic E-state index is 12.1. The molecule has 0 unspecified atom stereocenters. The lowest BCUT2D eigenvalue weighted by Crippen LogP contribution is -2.22. The summed E-state index contributed by atoms with van der Waals surface area (Å²) >= 11 is 4.95. The number of thioether (sulfide) groups is 2. The van der Waals surface area contributed by atoms with Crippen LogP contribution >= 0.6 is 34.9 Å². The quantitative estimate of drug-likeness (QED) is 0.528. The van der Waals surface area contributed by atoms with Crippen molar-refractivity contribution >= 4 is 61.6 Å². The highest BCUT2D eigenvalue weighted by Gasteiger charge is 2.18. The van der Waals surface area contributed by atoms with Crippen molar-refractivity contribution in [3.8, 4) is 0 Å². The summed E-state index contributed by atoms with van der Waals surface area (Å²) in [7, 11) is 0. The zero-order valence-electron chi connectivity index (χ0n) is 14.7. The monoisotopic (exact) mass is 411 g/mol. The molecule has 4 nitrogen and oxygen atoms in total. The van der Waals surface area contributed by atoms with Gasteiger partial charge in [0.2, 0.25) is 5.91 Å². The van der Waals surface area contributed by atoms with E-state index in [0.29, 0.717) is 5.13 Å². The summed E-state index contributed by atoms with van der Waals surface area (Å²) in [6.45, 7) is 1.56. The van der Waals surface area contributed by atoms with Gasteiger partial charge in [0.05, 0.1) is 17.1 Å². The van der Waals surface area contributed by atoms with Gasteiger partial charge >= 0.3 is 0 Å². The van der Waals surface area contributed by atoms with Crippen molar-refractivity contribution in [3.05, 3.63) is 71.2 Å². The highest BCUT2D eigenvalue weighted by molar-refractivity contribution is 8.38. The molecule has 0 fully saturated rings. The Balaban J connectivity index is 1.47. The van der Waals surface area contributed by atoms with Gasteiger partial charge in [-0.1, -0.05) is 59.9 Å². The fraction of sp³-hybridized carbons (Fsp3) is 0.150. The molecule has 1 amide bonds. The molecule has 0 N–H and O–H groups in total. The molecule has 1 aromatic heterocycles. The van der Waals surface area contributed by atoms with E-state index in [2.05, 4.69) is 23.2 Å². The van der Waals surface area contributed by atoms with Crippen LogP contribution in [0.25, 0.3) is 0 Å². The second kappa shape index (κ2) is 8.29. The number of nitrogens with zero attached hydrogens (tertiary/aromatic N) is 3. The minimum absolute atomic E-state index is 0.0430. The Morgan fingerprint density at radius 2 is 1.93 bits per heavy atom. The van der Waals surface area contributed by atoms with E-state index < -0.39 is 0 Å². The number of hydrogen-bond donors (Lipinski definition) is 0. The maximum atomic E-state index is 12.1. The first-order chi connectivity index (χ1) is 13.2. The summed E-state index contributed by atoms with van der Waals surface area (Å²) in [6.07, 6.45) is 0. The van der Waals surface area contributed by atoms with Crippen LogP contribution in [0.1, 0.15) is 18.2 Å². The van der Waals surface area contributed by atoms with Gasteiger partial charge in [0.1, 0.15) is 4.38 Å². The third kappa shape index (κ3) is 4.26. The molecule has 0 spiro atoms. The lowest BCUT2D eigenvalue weighted by atomic mass is 10.2. The number of aromatic nitrogens is 1. The van der Waals surface area contributed by atoms with Crippen molar-refractivity contribution < 1.29 is 4.79 Å². The smallest absolute Gasteiger partial charge is 0.230 e. The van der Waals surface area contributed by atoms with Gasteiger partial charge in [-0.05, 0) is 23.8 Å². The van der Waals surface area contributed by atoms with Crippen LogP contribution in [0.2, 0.25) is 0 Å². The van der Waals surface area contributed by atoms with Crippen LogP contribution in [0.4, 0.5) is 16.5 Å². The molecule has 0 aliphatic carbocycles. The summed E-state index contributed by atoms with van der Waals surface area (Å²) in [5.41, 5.74) is 4.14. The van der Waals surface area contributed by atoms with E-state index in [1.807, 2.05) is 41.8 Å². The van der Waals surface area contributed by atoms with Gasteiger partial charge in [-0.3, -0.25) is 9.69 Å². The first-order valence-electron chi connectivity index (χ1n) is 8.43. The molecule has 1 aliphatic heterocycles. The average molecular weight is 412 g/mol. The second-order valence-corrected chi connectivity index (χ2v) is 8.92. The number of amides is 1. The molecule has 136 valence electrons. The molecule has 2 aromatic carbocycles. The number of rotatable bonds is 4. The van der Waals surface area contributed by atoms with Crippen molar-refractivity contribution in [2.75, 3.05) is 4.90 Å². The van der Waals surface area contributed by atoms with E-state index in [0.717, 1.165) is 33.0 Å². The Hall–Kier alpha value is -2.09. The van der Waals surface area contributed by atoms with E-state index in [-0.39, 0.29) is 5.91 Å². The van der Waals surface area contributed by atoms with Gasteiger partial charge in [0.25, 0.3) is 0 Å². The van der Waals surface area contributed by atoms with Gasteiger partial charge < -0.3 is 0 Å². The summed E-state index contributed by atoms with van der Waals surface area (Å²) in [5, 5.41) is 2.72. The van der Waals surface area contributed by atoms with Crippen LogP contribution in [0.15, 0.2) is 65.0 Å². The molecule has 0 radical (unpaired) electrons. The third-order valence-electron chi connectivity index (χ3n) is 3.96. The molecule has 27 heavy (non-hydrogen) atoms. The van der Waals surface area contributed by atoms with Gasteiger partial charge in [-0.2, -0.15) is 0 Å². The van der Waals surface area contributed by atoms with Gasteiger partial charge in [-0.25, -0.2) is 9.98 Å². The summed E-state index contributed by atoms with van der Waals surface area (Å²) in [4.78, 5) is 23.2. The molecule has 0 saturated heterocycles. The van der Waals surface area contributed by atoms with E-state index in [1.54, 1.807) is 35.3 Å². The van der Waals surface area contributed by atoms with Crippen molar-refractivity contribution in [3.63, 3.8) is 0 Å². The lowest BCUT2D eigenvalue weighted by molar-refractivity contribution is -0.115. The predicted octanol–water partition coefficient (Wildman–Crippen LogP) is 6.00. The van der Waals surface area contributed by atoms with Crippen LogP contribution in [0.3, 0.4) is 0 Å². The lowest BCUT2D eigenvalue weighted by Gasteiger charge is -2.17. The number of hydrogen-bond acceptors (Lipinski definition) is 6. The molecule has 3 aromatic rings. The summed E-state index contributed by atoms with van der Waals surface area (Å²) in [6, 6.07) is 17.9. The van der Waals surface area contributed by atoms with Crippen molar-refractivity contribution in [1.82, 2.24) is 4.98 Å². The predicted molar refractivity (Wildman–Crippen MR) is 118 cm³/mol. The van der Waals surface area contributed by atoms with E-state index in [4.69, 9.17) is 4.99 Å². The number of carbonyl (C=O) groups excluding carboxylic acids is 1. The SMILES string of the molecule is CC(=O)N(c1ccccc1)c1nc(CSC2=Nc3ccccc3CS2)cs1. The highest BCUT2D eigenvalue weighted by Crippen LogP contribution is 2.36. The Morgan fingerprint density at radius 1 is 1.15 bits per heavy atom. The maximum Gasteiger partial charge on any atom is 0.230 e. The number of fused-ring (bicyclic) bond motifs is 1. The van der Waals surface area contributed by atoms with Crippen LogP contribution in [-0.4, -0.2) is 15.3 Å². The van der Waals surface area contributed by atoms with Gasteiger partial charge in [-0.15, -0.1) is 11.3 Å². The Morgan fingerprint density at radius 3 is 2.74 bits per heavy atom. The third-order valence-corrected chi connectivity index (χ3v) is 7.11. The second-order valence-electron chi connectivity index (χ2n) is 5.90. The fourth-order valence-corrected chi connectivity index (χ4v) is 5.64. The molecule has 0 atom stereocenters. The fourth-order valence-electron chi connectivity index (χ4n) is 2.69. The standard InChI is InChI=1S/C20H17N3OS3/c1-14(24)23(17-8-3-2-4-9-17)19-21-16(12-25-19)13-27-20-22-18-10-6-5-7-15(18)11-26-20/h2-10,12H,11,13H2,1H3. The van der Waals surface area contributed by atoms with Crippen molar-refractivity contribution in [2.45, 2.75) is 18.4 Å². The number of para-hydroxylation sites is 2. The van der Waals surface area contributed by atoms with Crippen LogP contribution in [0.5, 0.6) is 0 Å². The minimum atomic E-state index is -0.0430. The topological polar surface area (TPSA) is 45.6 Å². The first kappa shape index (κ1) is 18.3. The number of aliphatic imine (C=N–C) groups is 1. The first-order valence-corrected chi connectivity index (χ1v) is 11.3. The number of thiazole rings is 1.